The lowest BCUT2D eigenvalue weighted by Gasteiger charge is -2.11. The Bertz CT molecular complexity index is 800. The van der Waals surface area contributed by atoms with Gasteiger partial charge < -0.3 is 30.2 Å². The molecule has 0 aliphatic heterocycles. The van der Waals surface area contributed by atoms with Crippen molar-refractivity contribution in [2.75, 3.05) is 48.0 Å². The molecule has 0 radical (unpaired) electrons. The smallest absolute Gasteiger partial charge is 0.188 e. The van der Waals surface area contributed by atoms with Crippen LogP contribution in [0.3, 0.4) is 0 Å². The number of rotatable bonds is 11. The zero-order valence-electron chi connectivity index (χ0n) is 18.2. The molecule has 2 aromatic carbocycles. The first-order valence-electron chi connectivity index (χ1n) is 9.63. The van der Waals surface area contributed by atoms with E-state index in [0.717, 1.165) is 41.3 Å². The molecule has 0 atom stereocenters. The lowest BCUT2D eigenvalue weighted by molar-refractivity contribution is 0.261. The summed E-state index contributed by atoms with van der Waals surface area (Å²) in [6.45, 7) is 2.71. The molecule has 0 unspecified atom stereocenters. The molecule has 0 saturated carbocycles. The van der Waals surface area contributed by atoms with Gasteiger partial charge in [0.25, 0.3) is 0 Å². The topological polar surface area (TPSA) is 81.3 Å². The summed E-state index contributed by atoms with van der Waals surface area (Å²) in [4.78, 5) is 6.50. The number of aliphatic imine (C=N–C) groups is 1. The predicted molar refractivity (Wildman–Crippen MR) is 132 cm³/mol. The quantitative estimate of drug-likeness (QED) is 0.265. The second kappa shape index (κ2) is 13.9. The minimum absolute atomic E-state index is 0. The number of likely N-dealkylation sites (N-methyl/N-ethyl adjacent to an activating group) is 1. The van der Waals surface area contributed by atoms with Crippen molar-refractivity contribution in [3.63, 3.8) is 0 Å². The molecule has 0 aromatic heterocycles. The molecule has 0 heterocycles. The van der Waals surface area contributed by atoms with Crippen LogP contribution in [0.4, 0.5) is 0 Å². The van der Waals surface area contributed by atoms with E-state index in [2.05, 4.69) is 15.2 Å². The molecule has 0 fully saturated rings. The SMILES string of the molecule is COc1ccc(CCNC(N)=NCc2cccc(OCCN(C)C)c2)cc1OC.I. The summed E-state index contributed by atoms with van der Waals surface area (Å²) >= 11 is 0. The molecular formula is C22H33IN4O3. The first-order chi connectivity index (χ1) is 14.0. The number of guanidine groups is 1. The standard InChI is InChI=1S/C22H32N4O3.HI/c1-26(2)12-13-29-19-7-5-6-18(14-19)16-25-22(23)24-11-10-17-8-9-20(27-3)21(15-17)28-4;/h5-9,14-15H,10-13,16H2,1-4H3,(H3,23,24,25);1H. The van der Waals surface area contributed by atoms with Gasteiger partial charge in [-0.2, -0.15) is 0 Å². The zero-order valence-corrected chi connectivity index (χ0v) is 20.5. The maximum absolute atomic E-state index is 6.00. The van der Waals surface area contributed by atoms with Crippen molar-refractivity contribution >= 4 is 29.9 Å². The first kappa shape index (κ1) is 25.8. The van der Waals surface area contributed by atoms with Crippen LogP contribution >= 0.6 is 24.0 Å². The maximum Gasteiger partial charge on any atom is 0.188 e. The van der Waals surface area contributed by atoms with Gasteiger partial charge in [-0.05, 0) is 55.9 Å². The summed E-state index contributed by atoms with van der Waals surface area (Å²) in [6.07, 6.45) is 0.797. The Balaban J connectivity index is 0.00000450. The van der Waals surface area contributed by atoms with E-state index in [-0.39, 0.29) is 24.0 Å². The highest BCUT2D eigenvalue weighted by Crippen LogP contribution is 2.27. The highest BCUT2D eigenvalue weighted by Gasteiger charge is 2.04. The number of ether oxygens (including phenoxy) is 3. The van der Waals surface area contributed by atoms with Gasteiger partial charge in [-0.25, -0.2) is 4.99 Å². The number of benzene rings is 2. The number of hydrogen-bond donors (Lipinski definition) is 2. The van der Waals surface area contributed by atoms with Crippen LogP contribution in [0.25, 0.3) is 0 Å². The number of halogens is 1. The monoisotopic (exact) mass is 528 g/mol. The minimum Gasteiger partial charge on any atom is -0.493 e. The van der Waals surface area contributed by atoms with E-state index >= 15 is 0 Å². The minimum atomic E-state index is 0. The van der Waals surface area contributed by atoms with Crippen LogP contribution in [0.5, 0.6) is 17.2 Å². The normalized spacial score (nSPS) is 11.0. The molecule has 0 aliphatic carbocycles. The van der Waals surface area contributed by atoms with Crippen LogP contribution in [-0.2, 0) is 13.0 Å². The third-order valence-electron chi connectivity index (χ3n) is 4.31. The molecule has 2 aromatic rings. The number of nitrogens with two attached hydrogens (primary N) is 1. The second-order valence-corrected chi connectivity index (χ2v) is 6.87. The maximum atomic E-state index is 6.00. The van der Waals surface area contributed by atoms with E-state index in [4.69, 9.17) is 19.9 Å². The summed E-state index contributed by atoms with van der Waals surface area (Å²) in [5.41, 5.74) is 8.18. The van der Waals surface area contributed by atoms with E-state index in [1.165, 1.54) is 0 Å². The van der Waals surface area contributed by atoms with Crippen molar-refractivity contribution in [3.8, 4) is 17.2 Å². The van der Waals surface area contributed by atoms with Gasteiger partial charge in [0.1, 0.15) is 12.4 Å². The molecule has 0 aliphatic rings. The fraction of sp³-hybridized carbons (Fsp3) is 0.409. The van der Waals surface area contributed by atoms with Crippen molar-refractivity contribution in [2.24, 2.45) is 10.7 Å². The third kappa shape index (κ3) is 9.08. The van der Waals surface area contributed by atoms with E-state index < -0.39 is 0 Å². The highest BCUT2D eigenvalue weighted by molar-refractivity contribution is 14.0. The molecule has 7 nitrogen and oxygen atoms in total. The molecule has 0 bridgehead atoms. The van der Waals surface area contributed by atoms with Crippen molar-refractivity contribution in [3.05, 3.63) is 53.6 Å². The summed E-state index contributed by atoms with van der Waals surface area (Å²) in [6, 6.07) is 13.8. The first-order valence-corrected chi connectivity index (χ1v) is 9.63. The fourth-order valence-corrected chi connectivity index (χ4v) is 2.68. The van der Waals surface area contributed by atoms with Crippen LogP contribution in [-0.4, -0.2) is 58.9 Å². The summed E-state index contributed by atoms with van der Waals surface area (Å²) < 4.78 is 16.3. The number of hydrogen-bond acceptors (Lipinski definition) is 5. The van der Waals surface area contributed by atoms with Crippen LogP contribution in [0, 0.1) is 0 Å². The van der Waals surface area contributed by atoms with Crippen LogP contribution in [0.1, 0.15) is 11.1 Å². The largest absolute Gasteiger partial charge is 0.493 e. The Morgan fingerprint density at radius 2 is 1.80 bits per heavy atom. The summed E-state index contributed by atoms with van der Waals surface area (Å²) in [5.74, 6) is 2.71. The third-order valence-corrected chi connectivity index (χ3v) is 4.31. The lowest BCUT2D eigenvalue weighted by Crippen LogP contribution is -2.33. The molecule has 8 heteroatoms. The van der Waals surface area contributed by atoms with Gasteiger partial charge in [0, 0.05) is 13.1 Å². The number of nitrogens with zero attached hydrogens (tertiary/aromatic N) is 2. The number of nitrogens with one attached hydrogen (secondary N) is 1. The highest BCUT2D eigenvalue weighted by atomic mass is 127. The van der Waals surface area contributed by atoms with E-state index in [1.54, 1.807) is 14.2 Å². The molecule has 30 heavy (non-hydrogen) atoms. The lowest BCUT2D eigenvalue weighted by atomic mass is 10.1. The van der Waals surface area contributed by atoms with Crippen molar-refractivity contribution in [1.82, 2.24) is 10.2 Å². The van der Waals surface area contributed by atoms with E-state index in [1.807, 2.05) is 56.6 Å². The Hall–Kier alpha value is -2.20. The van der Waals surface area contributed by atoms with Gasteiger partial charge in [-0.15, -0.1) is 24.0 Å². The predicted octanol–water partition coefficient (Wildman–Crippen LogP) is 2.91. The van der Waals surface area contributed by atoms with Crippen molar-refractivity contribution in [2.45, 2.75) is 13.0 Å². The van der Waals surface area contributed by atoms with Gasteiger partial charge >= 0.3 is 0 Å². The van der Waals surface area contributed by atoms with Crippen LogP contribution in [0.15, 0.2) is 47.5 Å². The van der Waals surface area contributed by atoms with E-state index in [9.17, 15) is 0 Å². The molecular weight excluding hydrogens is 495 g/mol. The Morgan fingerprint density at radius 3 is 2.50 bits per heavy atom. The van der Waals surface area contributed by atoms with Crippen LogP contribution < -0.4 is 25.3 Å². The molecule has 0 saturated heterocycles. The Labute approximate surface area is 196 Å². The molecule has 166 valence electrons. The average molecular weight is 528 g/mol. The molecule has 2 rings (SSSR count). The number of methoxy groups -OCH3 is 2. The summed E-state index contributed by atoms with van der Waals surface area (Å²) in [5, 5.41) is 3.15. The Kier molecular flexibility index (Phi) is 12.0. The van der Waals surface area contributed by atoms with Crippen molar-refractivity contribution in [1.29, 1.82) is 0 Å². The zero-order chi connectivity index (χ0) is 21.1. The molecule has 3 N–H and O–H groups in total. The van der Waals surface area contributed by atoms with Gasteiger partial charge in [-0.1, -0.05) is 18.2 Å². The van der Waals surface area contributed by atoms with Crippen molar-refractivity contribution < 1.29 is 14.2 Å². The van der Waals surface area contributed by atoms with Gasteiger partial charge in [0.05, 0.1) is 20.8 Å². The molecule has 0 spiro atoms. The van der Waals surface area contributed by atoms with Gasteiger partial charge in [0.2, 0.25) is 0 Å². The Morgan fingerprint density at radius 1 is 1.03 bits per heavy atom. The van der Waals surface area contributed by atoms with Crippen LogP contribution in [0.2, 0.25) is 0 Å². The molecule has 0 amide bonds. The average Bonchev–Trinajstić information content (AvgIpc) is 2.72. The van der Waals surface area contributed by atoms with Gasteiger partial charge in [0.15, 0.2) is 17.5 Å². The second-order valence-electron chi connectivity index (χ2n) is 6.87. The van der Waals surface area contributed by atoms with Gasteiger partial charge in [-0.3, -0.25) is 0 Å². The summed E-state index contributed by atoms with van der Waals surface area (Å²) in [7, 11) is 7.31. The fourth-order valence-electron chi connectivity index (χ4n) is 2.68. The van der Waals surface area contributed by atoms with E-state index in [0.29, 0.717) is 25.7 Å².